The van der Waals surface area contributed by atoms with Gasteiger partial charge in [-0.15, -0.1) is 0 Å². The first-order valence-corrected chi connectivity index (χ1v) is 10.4. The van der Waals surface area contributed by atoms with E-state index >= 15 is 0 Å². The lowest BCUT2D eigenvalue weighted by Gasteiger charge is -2.18. The number of ether oxygens (including phenoxy) is 2. The van der Waals surface area contributed by atoms with Crippen LogP contribution in [0.3, 0.4) is 0 Å². The number of carbonyl (C=O) groups excluding carboxylic acids is 1. The fourth-order valence-electron chi connectivity index (χ4n) is 3.25. The normalized spacial score (nSPS) is 21.6. The standard InChI is InChI=1S/C18H25NO5S/c1-13(24-12-16-7-4-10-23-16)18(20)19-25(21,22)17-9-8-14-5-2-3-6-15(14)11-17/h8-9,11,13,16H,2-7,10,12H2,1H3,(H,19,20). The van der Waals surface area contributed by atoms with Gasteiger partial charge >= 0.3 is 0 Å². The van der Waals surface area contributed by atoms with E-state index in [9.17, 15) is 13.2 Å². The molecule has 0 radical (unpaired) electrons. The molecule has 1 aliphatic heterocycles. The Morgan fingerprint density at radius 3 is 2.76 bits per heavy atom. The lowest BCUT2D eigenvalue weighted by Crippen LogP contribution is -2.39. The van der Waals surface area contributed by atoms with Crippen LogP contribution in [0.1, 0.15) is 43.7 Å². The molecule has 1 heterocycles. The third kappa shape index (κ3) is 4.59. The lowest BCUT2D eigenvalue weighted by atomic mass is 9.92. The molecule has 1 fully saturated rings. The van der Waals surface area contributed by atoms with Gasteiger partial charge in [0.2, 0.25) is 0 Å². The summed E-state index contributed by atoms with van der Waals surface area (Å²) in [4.78, 5) is 12.3. The minimum atomic E-state index is -3.89. The van der Waals surface area contributed by atoms with E-state index in [1.54, 1.807) is 19.1 Å². The molecular formula is C18H25NO5S. The average molecular weight is 367 g/mol. The zero-order valence-electron chi connectivity index (χ0n) is 14.5. The molecule has 0 aromatic heterocycles. The Hall–Kier alpha value is -1.44. The molecule has 6 nitrogen and oxygen atoms in total. The van der Waals surface area contributed by atoms with E-state index in [4.69, 9.17) is 9.47 Å². The zero-order chi connectivity index (χ0) is 17.9. The second-order valence-corrected chi connectivity index (χ2v) is 8.40. The van der Waals surface area contributed by atoms with Gasteiger partial charge in [-0.2, -0.15) is 0 Å². The summed E-state index contributed by atoms with van der Waals surface area (Å²) in [7, 11) is -3.89. The minimum absolute atomic E-state index is 0.00694. The number of amides is 1. The molecule has 1 aromatic carbocycles. The highest BCUT2D eigenvalue weighted by Gasteiger charge is 2.25. The highest BCUT2D eigenvalue weighted by molar-refractivity contribution is 7.90. The summed E-state index contributed by atoms with van der Waals surface area (Å²) >= 11 is 0. The van der Waals surface area contributed by atoms with Gasteiger partial charge in [0, 0.05) is 6.61 Å². The van der Waals surface area contributed by atoms with Gasteiger partial charge in [-0.3, -0.25) is 4.79 Å². The van der Waals surface area contributed by atoms with Crippen LogP contribution in [0.25, 0.3) is 0 Å². The van der Waals surface area contributed by atoms with E-state index in [-0.39, 0.29) is 11.0 Å². The zero-order valence-corrected chi connectivity index (χ0v) is 15.3. The van der Waals surface area contributed by atoms with Crippen molar-refractivity contribution >= 4 is 15.9 Å². The Kier molecular flexibility index (Phi) is 5.76. The molecule has 0 spiro atoms. The Balaban J connectivity index is 1.61. The van der Waals surface area contributed by atoms with Crippen LogP contribution in [0.4, 0.5) is 0 Å². The van der Waals surface area contributed by atoms with E-state index < -0.39 is 22.0 Å². The van der Waals surface area contributed by atoms with Crippen molar-refractivity contribution in [2.24, 2.45) is 0 Å². The SMILES string of the molecule is CC(OCC1CCCO1)C(=O)NS(=O)(=O)c1ccc2c(c1)CCCC2. The van der Waals surface area contributed by atoms with E-state index in [1.165, 1.54) is 5.56 Å². The van der Waals surface area contributed by atoms with Gasteiger partial charge in [0.15, 0.2) is 0 Å². The van der Waals surface area contributed by atoms with Crippen LogP contribution in [0.2, 0.25) is 0 Å². The quantitative estimate of drug-likeness (QED) is 0.831. The monoisotopic (exact) mass is 367 g/mol. The van der Waals surface area contributed by atoms with E-state index in [0.717, 1.165) is 44.1 Å². The second-order valence-electron chi connectivity index (χ2n) is 6.72. The maximum atomic E-state index is 12.5. The number of benzene rings is 1. The van der Waals surface area contributed by atoms with E-state index in [0.29, 0.717) is 13.2 Å². The summed E-state index contributed by atoms with van der Waals surface area (Å²) in [6, 6.07) is 5.10. The van der Waals surface area contributed by atoms with Crippen LogP contribution < -0.4 is 4.72 Å². The van der Waals surface area contributed by atoms with Crippen molar-refractivity contribution in [2.45, 2.75) is 62.6 Å². The van der Waals surface area contributed by atoms with E-state index in [2.05, 4.69) is 4.72 Å². The fraction of sp³-hybridized carbons (Fsp3) is 0.611. The first-order chi connectivity index (χ1) is 12.0. The number of nitrogens with one attached hydrogen (secondary N) is 1. The summed E-state index contributed by atoms with van der Waals surface area (Å²) < 4.78 is 38.0. The van der Waals surface area contributed by atoms with Crippen LogP contribution in [-0.4, -0.2) is 39.7 Å². The van der Waals surface area contributed by atoms with Crippen molar-refractivity contribution in [1.82, 2.24) is 4.72 Å². The van der Waals surface area contributed by atoms with Crippen LogP contribution in [0.15, 0.2) is 23.1 Å². The third-order valence-electron chi connectivity index (χ3n) is 4.79. The van der Waals surface area contributed by atoms with Gasteiger partial charge in [0.1, 0.15) is 6.10 Å². The molecule has 1 saturated heterocycles. The molecular weight excluding hydrogens is 342 g/mol. The van der Waals surface area contributed by atoms with Crippen LogP contribution in [0.5, 0.6) is 0 Å². The van der Waals surface area contributed by atoms with Crippen molar-refractivity contribution in [1.29, 1.82) is 0 Å². The van der Waals surface area contributed by atoms with Gasteiger partial charge in [-0.25, -0.2) is 13.1 Å². The largest absolute Gasteiger partial charge is 0.376 e. The summed E-state index contributed by atoms with van der Waals surface area (Å²) in [5, 5.41) is 0. The van der Waals surface area contributed by atoms with Crippen LogP contribution in [-0.2, 0) is 37.1 Å². The van der Waals surface area contributed by atoms with Gasteiger partial charge in [-0.05, 0) is 68.7 Å². The highest BCUT2D eigenvalue weighted by atomic mass is 32.2. The van der Waals surface area contributed by atoms with Gasteiger partial charge in [0.25, 0.3) is 15.9 Å². The second kappa shape index (κ2) is 7.85. The number of hydrogen-bond donors (Lipinski definition) is 1. The summed E-state index contributed by atoms with van der Waals surface area (Å²) in [6.07, 6.45) is 5.10. The molecule has 1 N–H and O–H groups in total. The average Bonchev–Trinajstić information content (AvgIpc) is 3.12. The van der Waals surface area contributed by atoms with Gasteiger partial charge in [-0.1, -0.05) is 6.07 Å². The number of sulfonamides is 1. The first-order valence-electron chi connectivity index (χ1n) is 8.87. The highest BCUT2D eigenvalue weighted by Crippen LogP contribution is 2.24. The van der Waals surface area contributed by atoms with Crippen molar-refractivity contribution in [3.8, 4) is 0 Å². The smallest absolute Gasteiger partial charge is 0.264 e. The first kappa shape index (κ1) is 18.4. The predicted octanol–water partition coefficient (Wildman–Crippen LogP) is 1.95. The molecule has 138 valence electrons. The summed E-state index contributed by atoms with van der Waals surface area (Å²) in [5.74, 6) is -0.657. The summed E-state index contributed by atoms with van der Waals surface area (Å²) in [5.41, 5.74) is 2.26. The Bertz CT molecular complexity index is 725. The van der Waals surface area contributed by atoms with Crippen LogP contribution >= 0.6 is 0 Å². The fourth-order valence-corrected chi connectivity index (χ4v) is 4.35. The third-order valence-corrected chi connectivity index (χ3v) is 6.14. The molecule has 25 heavy (non-hydrogen) atoms. The predicted molar refractivity (Wildman–Crippen MR) is 92.8 cm³/mol. The molecule has 0 saturated carbocycles. The molecule has 7 heteroatoms. The molecule has 1 aromatic rings. The molecule has 1 amide bonds. The molecule has 2 aliphatic rings. The number of aryl methyl sites for hydroxylation is 2. The number of rotatable bonds is 6. The van der Waals surface area contributed by atoms with Crippen molar-refractivity contribution in [3.63, 3.8) is 0 Å². The Labute approximate surface area is 148 Å². The van der Waals surface area contributed by atoms with Crippen molar-refractivity contribution in [3.05, 3.63) is 29.3 Å². The van der Waals surface area contributed by atoms with Gasteiger partial charge in [0.05, 0.1) is 17.6 Å². The molecule has 1 aliphatic carbocycles. The van der Waals surface area contributed by atoms with E-state index in [1.807, 2.05) is 6.07 Å². The maximum Gasteiger partial charge on any atom is 0.264 e. The summed E-state index contributed by atoms with van der Waals surface area (Å²) in [6.45, 7) is 2.56. The minimum Gasteiger partial charge on any atom is -0.376 e. The molecule has 2 unspecified atom stereocenters. The number of hydrogen-bond acceptors (Lipinski definition) is 5. The lowest BCUT2D eigenvalue weighted by molar-refractivity contribution is -0.131. The maximum absolute atomic E-state index is 12.5. The van der Waals surface area contributed by atoms with Gasteiger partial charge < -0.3 is 9.47 Å². The van der Waals surface area contributed by atoms with Crippen LogP contribution in [0, 0.1) is 0 Å². The Morgan fingerprint density at radius 2 is 2.04 bits per heavy atom. The van der Waals surface area contributed by atoms with Crippen molar-refractivity contribution in [2.75, 3.05) is 13.2 Å². The molecule has 2 atom stereocenters. The van der Waals surface area contributed by atoms with Crippen molar-refractivity contribution < 1.29 is 22.7 Å². The molecule has 3 rings (SSSR count). The molecule has 0 bridgehead atoms. The number of carbonyl (C=O) groups is 1. The number of fused-ring (bicyclic) bond motifs is 1. The topological polar surface area (TPSA) is 81.7 Å². The Morgan fingerprint density at radius 1 is 1.28 bits per heavy atom.